The van der Waals surface area contributed by atoms with Crippen molar-refractivity contribution < 1.29 is 8.78 Å². The Bertz CT molecular complexity index is 359. The van der Waals surface area contributed by atoms with Gasteiger partial charge in [-0.15, -0.1) is 0 Å². The fourth-order valence-corrected chi connectivity index (χ4v) is 0.718. The maximum atomic E-state index is 12.7. The van der Waals surface area contributed by atoms with Crippen molar-refractivity contribution in [1.29, 1.82) is 10.5 Å². The van der Waals surface area contributed by atoms with Gasteiger partial charge < -0.3 is 0 Å². The smallest absolute Gasteiger partial charge is 0.142 e. The summed E-state index contributed by atoms with van der Waals surface area (Å²) >= 11 is 0. The molecule has 0 saturated heterocycles. The molecule has 0 aromatic heterocycles. The van der Waals surface area contributed by atoms with Gasteiger partial charge in [-0.05, 0) is 12.1 Å². The molecule has 58 valence electrons. The zero-order chi connectivity index (χ0) is 9.14. The number of nitriles is 2. The van der Waals surface area contributed by atoms with Crippen molar-refractivity contribution in [3.8, 4) is 12.1 Å². The van der Waals surface area contributed by atoms with E-state index in [1.54, 1.807) is 0 Å². The summed E-state index contributed by atoms with van der Waals surface area (Å²) < 4.78 is 25.4. The molecule has 0 aliphatic carbocycles. The van der Waals surface area contributed by atoms with Crippen LogP contribution in [-0.2, 0) is 0 Å². The highest BCUT2D eigenvalue weighted by Crippen LogP contribution is 2.12. The lowest BCUT2D eigenvalue weighted by atomic mass is 10.1. The molecular weight excluding hydrogens is 162 g/mol. The van der Waals surface area contributed by atoms with Gasteiger partial charge in [0.25, 0.3) is 0 Å². The van der Waals surface area contributed by atoms with E-state index in [4.69, 9.17) is 10.5 Å². The Kier molecular flexibility index (Phi) is 2.02. The molecule has 0 bridgehead atoms. The van der Waals surface area contributed by atoms with Crippen LogP contribution >= 0.6 is 0 Å². The molecule has 0 amide bonds. The molecule has 0 aliphatic heterocycles. The normalized spacial score (nSPS) is 8.67. The molecule has 2 nitrogen and oxygen atoms in total. The minimum atomic E-state index is -0.879. The van der Waals surface area contributed by atoms with Crippen LogP contribution in [0.1, 0.15) is 11.1 Å². The lowest BCUT2D eigenvalue weighted by Crippen LogP contribution is -1.90. The topological polar surface area (TPSA) is 47.6 Å². The largest absolute Gasteiger partial charge is 0.205 e. The number of hydrogen-bond acceptors (Lipinski definition) is 2. The third-order valence-electron chi connectivity index (χ3n) is 1.30. The zero-order valence-electron chi connectivity index (χ0n) is 5.81. The van der Waals surface area contributed by atoms with Crippen molar-refractivity contribution in [3.05, 3.63) is 34.9 Å². The van der Waals surface area contributed by atoms with E-state index in [0.29, 0.717) is 12.1 Å². The molecule has 0 radical (unpaired) electrons. The second-order valence-electron chi connectivity index (χ2n) is 2.04. The van der Waals surface area contributed by atoms with Crippen LogP contribution in [0.4, 0.5) is 8.78 Å². The Morgan fingerprint density at radius 3 is 1.50 bits per heavy atom. The van der Waals surface area contributed by atoms with Crippen LogP contribution in [0.5, 0.6) is 0 Å². The van der Waals surface area contributed by atoms with Crippen molar-refractivity contribution in [2.45, 2.75) is 0 Å². The van der Waals surface area contributed by atoms with Crippen LogP contribution in [0, 0.1) is 34.3 Å². The summed E-state index contributed by atoms with van der Waals surface area (Å²) in [6.07, 6.45) is 0. The van der Waals surface area contributed by atoms with Crippen molar-refractivity contribution in [3.63, 3.8) is 0 Å². The molecule has 0 atom stereocenters. The molecule has 0 saturated carbocycles. The Labute approximate surface area is 67.3 Å². The van der Waals surface area contributed by atoms with E-state index < -0.39 is 22.8 Å². The fourth-order valence-electron chi connectivity index (χ4n) is 0.718. The second kappa shape index (κ2) is 2.98. The van der Waals surface area contributed by atoms with Gasteiger partial charge in [0, 0.05) is 0 Å². The third kappa shape index (κ3) is 1.23. The van der Waals surface area contributed by atoms with Crippen molar-refractivity contribution in [2.75, 3.05) is 0 Å². The Morgan fingerprint density at radius 1 is 0.917 bits per heavy atom. The molecule has 1 rings (SSSR count). The van der Waals surface area contributed by atoms with Crippen molar-refractivity contribution in [2.24, 2.45) is 0 Å². The predicted octanol–water partition coefficient (Wildman–Crippen LogP) is 1.71. The number of hydrogen-bond donors (Lipinski definition) is 0. The number of halogens is 2. The van der Waals surface area contributed by atoms with Crippen LogP contribution in [0.15, 0.2) is 12.1 Å². The van der Waals surface area contributed by atoms with E-state index in [1.807, 2.05) is 0 Å². The summed E-state index contributed by atoms with van der Waals surface area (Å²) in [6, 6.07) is 4.33. The van der Waals surface area contributed by atoms with Gasteiger partial charge in [-0.2, -0.15) is 10.5 Å². The molecule has 0 aliphatic rings. The van der Waals surface area contributed by atoms with Gasteiger partial charge in [-0.25, -0.2) is 8.78 Å². The molecule has 1 aromatic rings. The molecule has 0 unspecified atom stereocenters. The number of nitrogens with zero attached hydrogens (tertiary/aromatic N) is 2. The van der Waals surface area contributed by atoms with E-state index in [0.717, 1.165) is 0 Å². The van der Waals surface area contributed by atoms with Crippen LogP contribution < -0.4 is 0 Å². The second-order valence-corrected chi connectivity index (χ2v) is 2.04. The quantitative estimate of drug-likeness (QED) is 0.585. The van der Waals surface area contributed by atoms with E-state index in [9.17, 15) is 8.78 Å². The van der Waals surface area contributed by atoms with E-state index >= 15 is 0 Å². The Balaban J connectivity index is 3.41. The molecule has 4 heteroatoms. The summed E-state index contributed by atoms with van der Waals surface area (Å²) in [7, 11) is 0. The first kappa shape index (κ1) is 8.16. The standard InChI is InChI=1S/C8H2F2N2/c9-7-1-5(3-11)8(10)2-6(7)4-12/h1-2H. The fraction of sp³-hybridized carbons (Fsp3) is 0. The van der Waals surface area contributed by atoms with Crippen LogP contribution in [0.25, 0.3) is 0 Å². The third-order valence-corrected chi connectivity index (χ3v) is 1.30. The minimum Gasteiger partial charge on any atom is -0.205 e. The minimum absolute atomic E-state index is 0.397. The van der Waals surface area contributed by atoms with E-state index in [2.05, 4.69) is 0 Å². The summed E-state index contributed by atoms with van der Waals surface area (Å²) in [6.45, 7) is 0. The molecule has 1 aromatic carbocycles. The Morgan fingerprint density at radius 2 is 1.25 bits per heavy atom. The van der Waals surface area contributed by atoms with Crippen LogP contribution in [-0.4, -0.2) is 0 Å². The highest BCUT2D eigenvalue weighted by molar-refractivity contribution is 5.39. The van der Waals surface area contributed by atoms with Gasteiger partial charge in [0.15, 0.2) is 0 Å². The average Bonchev–Trinajstić information content (AvgIpc) is 2.08. The molecule has 0 heterocycles. The van der Waals surface area contributed by atoms with Gasteiger partial charge in [0.1, 0.15) is 23.8 Å². The first-order valence-corrected chi connectivity index (χ1v) is 2.98. The summed E-state index contributed by atoms with van der Waals surface area (Å²) in [5.41, 5.74) is -0.794. The lowest BCUT2D eigenvalue weighted by molar-refractivity contribution is 0.594. The molecule has 12 heavy (non-hydrogen) atoms. The van der Waals surface area contributed by atoms with Crippen LogP contribution in [0.3, 0.4) is 0 Å². The highest BCUT2D eigenvalue weighted by Gasteiger charge is 2.08. The summed E-state index contributed by atoms with van der Waals surface area (Å²) in [5.74, 6) is -1.76. The summed E-state index contributed by atoms with van der Waals surface area (Å²) in [4.78, 5) is 0. The SMILES string of the molecule is N#Cc1cc(F)c(C#N)cc1F. The highest BCUT2D eigenvalue weighted by atomic mass is 19.1. The van der Waals surface area contributed by atoms with Gasteiger partial charge >= 0.3 is 0 Å². The monoisotopic (exact) mass is 164 g/mol. The van der Waals surface area contributed by atoms with Gasteiger partial charge in [-0.3, -0.25) is 0 Å². The van der Waals surface area contributed by atoms with Gasteiger partial charge in [-0.1, -0.05) is 0 Å². The van der Waals surface area contributed by atoms with Crippen LogP contribution in [0.2, 0.25) is 0 Å². The molecule has 0 fully saturated rings. The van der Waals surface area contributed by atoms with Crippen molar-refractivity contribution >= 4 is 0 Å². The number of benzene rings is 1. The van der Waals surface area contributed by atoms with E-state index in [1.165, 1.54) is 12.1 Å². The first-order chi connectivity index (χ1) is 5.69. The predicted molar refractivity (Wildman–Crippen MR) is 35.8 cm³/mol. The van der Waals surface area contributed by atoms with Gasteiger partial charge in [0.05, 0.1) is 11.1 Å². The number of rotatable bonds is 0. The van der Waals surface area contributed by atoms with Gasteiger partial charge in [0.2, 0.25) is 0 Å². The summed E-state index contributed by atoms with van der Waals surface area (Å²) in [5, 5.41) is 16.5. The molecule has 0 N–H and O–H groups in total. The maximum Gasteiger partial charge on any atom is 0.142 e. The molecular formula is C8H2F2N2. The Hall–Kier alpha value is -1.94. The van der Waals surface area contributed by atoms with Crippen molar-refractivity contribution in [1.82, 2.24) is 0 Å². The average molecular weight is 164 g/mol. The molecule has 0 spiro atoms. The first-order valence-electron chi connectivity index (χ1n) is 2.98. The van der Waals surface area contributed by atoms with E-state index in [-0.39, 0.29) is 0 Å². The maximum absolute atomic E-state index is 12.7. The lowest BCUT2D eigenvalue weighted by Gasteiger charge is -1.94. The zero-order valence-corrected chi connectivity index (χ0v) is 5.81.